The number of aromatic nitrogens is 2. The van der Waals surface area contributed by atoms with Gasteiger partial charge in [-0.05, 0) is 18.1 Å². The smallest absolute Gasteiger partial charge is 0.262 e. The molecule has 0 fully saturated rings. The first-order valence-corrected chi connectivity index (χ1v) is 8.29. The number of hydrogen-bond acceptors (Lipinski definition) is 5. The Labute approximate surface area is 124 Å². The summed E-state index contributed by atoms with van der Waals surface area (Å²) in [6, 6.07) is 5.29. The normalized spacial score (nSPS) is 12.5. The minimum atomic E-state index is -3.68. The molecule has 7 nitrogen and oxygen atoms in total. The van der Waals surface area contributed by atoms with Gasteiger partial charge in [-0.2, -0.15) is 4.31 Å². The number of pyridine rings is 1. The van der Waals surface area contributed by atoms with Gasteiger partial charge < -0.3 is 5.43 Å². The van der Waals surface area contributed by atoms with Gasteiger partial charge in [0.05, 0.1) is 0 Å². The zero-order valence-corrected chi connectivity index (χ0v) is 13.3. The number of imidazole rings is 1. The second-order valence-corrected chi connectivity index (χ2v) is 7.04. The molecule has 8 heteroatoms. The van der Waals surface area contributed by atoms with E-state index in [-0.39, 0.29) is 16.8 Å². The van der Waals surface area contributed by atoms with Crippen LogP contribution in [0.2, 0.25) is 0 Å². The Morgan fingerprint density at radius 2 is 2.14 bits per heavy atom. The van der Waals surface area contributed by atoms with Gasteiger partial charge >= 0.3 is 0 Å². The van der Waals surface area contributed by atoms with Gasteiger partial charge in [-0.1, -0.05) is 26.8 Å². The topological polar surface area (TPSA) is 92.7 Å². The summed E-state index contributed by atoms with van der Waals surface area (Å²) in [6.07, 6.45) is 1.67. The Bertz CT molecular complexity index is 723. The number of hydrogen-bond donors (Lipinski definition) is 2. The van der Waals surface area contributed by atoms with Crippen molar-refractivity contribution in [2.24, 2.45) is 11.8 Å². The maximum absolute atomic E-state index is 12.9. The van der Waals surface area contributed by atoms with Gasteiger partial charge in [0.1, 0.15) is 5.65 Å². The van der Waals surface area contributed by atoms with Gasteiger partial charge in [-0.25, -0.2) is 19.2 Å². The van der Waals surface area contributed by atoms with Crippen molar-refractivity contribution >= 4 is 21.5 Å². The van der Waals surface area contributed by atoms with E-state index in [1.807, 2.05) is 20.8 Å². The Morgan fingerprint density at radius 3 is 2.71 bits per heavy atom. The summed E-state index contributed by atoms with van der Waals surface area (Å²) in [5.41, 5.74) is 2.92. The van der Waals surface area contributed by atoms with E-state index in [4.69, 9.17) is 5.84 Å². The lowest BCUT2D eigenvalue weighted by Gasteiger charge is -2.22. The molecule has 2 rings (SSSR count). The molecule has 0 saturated heterocycles. The van der Waals surface area contributed by atoms with E-state index in [0.717, 1.165) is 0 Å². The number of hydrazine groups is 1. The number of nitrogens with two attached hydrogens (primary N) is 1. The van der Waals surface area contributed by atoms with Gasteiger partial charge in [0.25, 0.3) is 10.0 Å². The van der Waals surface area contributed by atoms with Gasteiger partial charge in [0, 0.05) is 19.3 Å². The predicted molar refractivity (Wildman–Crippen MR) is 82.3 cm³/mol. The molecule has 0 unspecified atom stereocenters. The minimum absolute atomic E-state index is 0.0723. The summed E-state index contributed by atoms with van der Waals surface area (Å²) in [6.45, 7) is 6.62. The van der Waals surface area contributed by atoms with Crippen molar-refractivity contribution in [3.8, 4) is 0 Å². The molecule has 0 saturated carbocycles. The van der Waals surface area contributed by atoms with E-state index in [2.05, 4.69) is 10.4 Å². The third-order valence-electron chi connectivity index (χ3n) is 3.13. The molecule has 0 aliphatic heterocycles. The van der Waals surface area contributed by atoms with Crippen LogP contribution in [0.1, 0.15) is 20.8 Å². The van der Waals surface area contributed by atoms with Crippen LogP contribution in [0.15, 0.2) is 29.4 Å². The molecular weight excluding hydrogens is 290 g/mol. The number of sulfonamides is 1. The van der Waals surface area contributed by atoms with E-state index in [1.54, 1.807) is 24.4 Å². The number of nitrogen functional groups attached to an aromatic ring is 1. The van der Waals surface area contributed by atoms with Crippen LogP contribution in [0.25, 0.3) is 5.65 Å². The van der Waals surface area contributed by atoms with Crippen LogP contribution >= 0.6 is 0 Å². The van der Waals surface area contributed by atoms with E-state index < -0.39 is 10.0 Å². The van der Waals surface area contributed by atoms with Crippen LogP contribution < -0.4 is 11.3 Å². The SMILES string of the molecule is CCN(CC(C)C)S(=O)(=O)c1c(NN)nc2ccccn12. The third kappa shape index (κ3) is 2.87. The highest BCUT2D eigenvalue weighted by atomic mass is 32.2. The maximum atomic E-state index is 12.9. The fraction of sp³-hybridized carbons (Fsp3) is 0.462. The third-order valence-corrected chi connectivity index (χ3v) is 5.09. The number of nitrogens with one attached hydrogen (secondary N) is 1. The van der Waals surface area contributed by atoms with Gasteiger partial charge in [0.2, 0.25) is 5.03 Å². The van der Waals surface area contributed by atoms with Gasteiger partial charge in [0.15, 0.2) is 5.82 Å². The summed E-state index contributed by atoms with van der Waals surface area (Å²) in [5.74, 6) is 5.83. The zero-order valence-electron chi connectivity index (χ0n) is 12.4. The van der Waals surface area contributed by atoms with Crippen LogP contribution in [0.5, 0.6) is 0 Å². The van der Waals surface area contributed by atoms with Crippen LogP contribution in [0, 0.1) is 5.92 Å². The highest BCUT2D eigenvalue weighted by molar-refractivity contribution is 7.89. The molecule has 0 bridgehead atoms. The van der Waals surface area contributed by atoms with Crippen molar-refractivity contribution in [2.45, 2.75) is 25.8 Å². The molecule has 0 aromatic carbocycles. The van der Waals surface area contributed by atoms with Crippen molar-refractivity contribution in [3.05, 3.63) is 24.4 Å². The molecule has 0 spiro atoms. The fourth-order valence-corrected chi connectivity index (χ4v) is 4.07. The first-order valence-electron chi connectivity index (χ1n) is 6.85. The number of fused-ring (bicyclic) bond motifs is 1. The predicted octanol–water partition coefficient (Wildman–Crippen LogP) is 1.29. The number of nitrogens with zero attached hydrogens (tertiary/aromatic N) is 3. The largest absolute Gasteiger partial charge is 0.306 e. The molecule has 2 aromatic heterocycles. The molecule has 0 amide bonds. The number of rotatable bonds is 6. The Hall–Kier alpha value is -1.64. The molecule has 3 N–H and O–H groups in total. The van der Waals surface area contributed by atoms with Crippen molar-refractivity contribution < 1.29 is 8.42 Å². The lowest BCUT2D eigenvalue weighted by Crippen LogP contribution is -2.35. The van der Waals surface area contributed by atoms with E-state index in [1.165, 1.54) is 8.71 Å². The summed E-state index contributed by atoms with van der Waals surface area (Å²) in [7, 11) is -3.68. The van der Waals surface area contributed by atoms with Crippen LogP contribution in [-0.2, 0) is 10.0 Å². The summed E-state index contributed by atoms with van der Waals surface area (Å²) < 4.78 is 28.8. The summed E-state index contributed by atoms with van der Waals surface area (Å²) >= 11 is 0. The molecule has 0 radical (unpaired) electrons. The van der Waals surface area contributed by atoms with E-state index >= 15 is 0 Å². The molecular formula is C13H21N5O2S. The molecule has 21 heavy (non-hydrogen) atoms. The standard InChI is InChI=1S/C13H21N5O2S/c1-4-17(9-10(2)3)21(19,20)13-12(16-14)15-11-7-5-6-8-18(11)13/h5-8,10,16H,4,9,14H2,1-3H3. The van der Waals surface area contributed by atoms with Crippen LogP contribution in [-0.4, -0.2) is 35.2 Å². The molecule has 0 atom stereocenters. The average Bonchev–Trinajstić information content (AvgIpc) is 2.83. The van der Waals surface area contributed by atoms with Crippen molar-refractivity contribution in [1.82, 2.24) is 13.7 Å². The average molecular weight is 311 g/mol. The lowest BCUT2D eigenvalue weighted by atomic mass is 10.2. The van der Waals surface area contributed by atoms with Crippen molar-refractivity contribution in [1.29, 1.82) is 0 Å². The second-order valence-electron chi connectivity index (χ2n) is 5.19. The fourth-order valence-electron chi connectivity index (χ4n) is 2.24. The summed E-state index contributed by atoms with van der Waals surface area (Å²) in [5, 5.41) is 0.0723. The summed E-state index contributed by atoms with van der Waals surface area (Å²) in [4.78, 5) is 4.21. The van der Waals surface area contributed by atoms with Gasteiger partial charge in [-0.3, -0.25) is 4.40 Å². The van der Waals surface area contributed by atoms with Crippen molar-refractivity contribution in [2.75, 3.05) is 18.5 Å². The molecule has 2 aromatic rings. The van der Waals surface area contributed by atoms with Gasteiger partial charge in [-0.15, -0.1) is 0 Å². The first-order chi connectivity index (χ1) is 9.91. The quantitative estimate of drug-likeness (QED) is 0.619. The molecule has 116 valence electrons. The van der Waals surface area contributed by atoms with E-state index in [0.29, 0.717) is 18.7 Å². The molecule has 0 aliphatic carbocycles. The highest BCUT2D eigenvalue weighted by Gasteiger charge is 2.30. The number of anilines is 1. The molecule has 2 heterocycles. The Kier molecular flexibility index (Phi) is 4.50. The Balaban J connectivity index is 2.63. The first kappa shape index (κ1) is 15.7. The zero-order chi connectivity index (χ0) is 15.6. The monoisotopic (exact) mass is 311 g/mol. The second kappa shape index (κ2) is 6.00. The Morgan fingerprint density at radius 1 is 1.43 bits per heavy atom. The van der Waals surface area contributed by atoms with Crippen LogP contribution in [0.4, 0.5) is 5.82 Å². The lowest BCUT2D eigenvalue weighted by molar-refractivity contribution is 0.379. The van der Waals surface area contributed by atoms with Crippen LogP contribution in [0.3, 0.4) is 0 Å². The minimum Gasteiger partial charge on any atom is -0.306 e. The highest BCUT2D eigenvalue weighted by Crippen LogP contribution is 2.25. The van der Waals surface area contributed by atoms with E-state index in [9.17, 15) is 8.42 Å². The molecule has 0 aliphatic rings. The van der Waals surface area contributed by atoms with Crippen molar-refractivity contribution in [3.63, 3.8) is 0 Å². The maximum Gasteiger partial charge on any atom is 0.262 e.